The average molecular weight is 278 g/mol. The minimum Gasteiger partial charge on any atom is -0.336 e. The molecule has 0 bridgehead atoms. The number of aryl methyl sites for hydroxylation is 1. The first-order valence-corrected chi connectivity index (χ1v) is 7.36. The van der Waals surface area contributed by atoms with Crippen molar-refractivity contribution in [1.29, 1.82) is 0 Å². The molecule has 112 valence electrons. The van der Waals surface area contributed by atoms with Crippen molar-refractivity contribution in [1.82, 2.24) is 20.0 Å². The molecule has 0 radical (unpaired) electrons. The third kappa shape index (κ3) is 3.03. The van der Waals surface area contributed by atoms with Gasteiger partial charge in [-0.1, -0.05) is 0 Å². The highest BCUT2D eigenvalue weighted by Gasteiger charge is 2.27. The summed E-state index contributed by atoms with van der Waals surface area (Å²) in [6.45, 7) is 9.90. The van der Waals surface area contributed by atoms with E-state index in [0.717, 1.165) is 31.6 Å². The summed E-state index contributed by atoms with van der Waals surface area (Å²) in [7, 11) is 1.96. The van der Waals surface area contributed by atoms with Crippen LogP contribution in [0, 0.1) is 6.92 Å². The Morgan fingerprint density at radius 1 is 1.45 bits per heavy atom. The molecule has 0 spiro atoms. The molecular weight excluding hydrogens is 252 g/mol. The number of likely N-dealkylation sites (N-methyl/N-ethyl adjacent to an activating group) is 1. The number of carbonyl (C=O) groups excluding carboxylic acids is 1. The smallest absolute Gasteiger partial charge is 0.274 e. The maximum atomic E-state index is 12.6. The molecule has 1 aromatic rings. The first-order valence-electron chi connectivity index (χ1n) is 7.36. The predicted molar refractivity (Wildman–Crippen MR) is 79.9 cm³/mol. The van der Waals surface area contributed by atoms with Crippen LogP contribution in [0.2, 0.25) is 0 Å². The van der Waals surface area contributed by atoms with Gasteiger partial charge in [0.1, 0.15) is 0 Å². The lowest BCUT2D eigenvalue weighted by Gasteiger charge is -2.32. The van der Waals surface area contributed by atoms with Crippen LogP contribution in [-0.4, -0.2) is 46.8 Å². The number of hydrogen-bond donors (Lipinski definition) is 1. The van der Waals surface area contributed by atoms with Crippen molar-refractivity contribution in [2.45, 2.75) is 52.1 Å². The lowest BCUT2D eigenvalue weighted by molar-refractivity contribution is 0.0690. The van der Waals surface area contributed by atoms with E-state index in [1.165, 1.54) is 0 Å². The van der Waals surface area contributed by atoms with Crippen LogP contribution in [-0.2, 0) is 5.54 Å². The fourth-order valence-electron chi connectivity index (χ4n) is 2.82. The van der Waals surface area contributed by atoms with Crippen LogP contribution in [0.15, 0.2) is 6.07 Å². The molecule has 5 heteroatoms. The van der Waals surface area contributed by atoms with E-state index in [4.69, 9.17) is 0 Å². The Morgan fingerprint density at radius 2 is 2.15 bits per heavy atom. The molecule has 1 aliphatic heterocycles. The van der Waals surface area contributed by atoms with Gasteiger partial charge in [0.05, 0.1) is 5.54 Å². The molecule has 2 heterocycles. The van der Waals surface area contributed by atoms with Crippen LogP contribution in [0.25, 0.3) is 0 Å². The molecule has 1 aliphatic rings. The highest BCUT2D eigenvalue weighted by molar-refractivity contribution is 5.92. The third-order valence-corrected chi connectivity index (χ3v) is 3.86. The van der Waals surface area contributed by atoms with Gasteiger partial charge in [0.25, 0.3) is 5.91 Å². The number of piperidine rings is 1. The summed E-state index contributed by atoms with van der Waals surface area (Å²) >= 11 is 0. The van der Waals surface area contributed by atoms with E-state index in [2.05, 4.69) is 31.2 Å². The Morgan fingerprint density at radius 3 is 2.70 bits per heavy atom. The van der Waals surface area contributed by atoms with Crippen LogP contribution >= 0.6 is 0 Å². The normalized spacial score (nSPS) is 20.2. The monoisotopic (exact) mass is 278 g/mol. The molecular formula is C15H26N4O. The second-order valence-electron chi connectivity index (χ2n) is 6.63. The lowest BCUT2D eigenvalue weighted by Crippen LogP contribution is -2.47. The number of amides is 1. The summed E-state index contributed by atoms with van der Waals surface area (Å²) in [5.74, 6) is 0.0519. The Kier molecular flexibility index (Phi) is 4.18. The van der Waals surface area contributed by atoms with E-state index in [9.17, 15) is 4.79 Å². The summed E-state index contributed by atoms with van der Waals surface area (Å²) in [5, 5.41) is 7.77. The van der Waals surface area contributed by atoms with Crippen molar-refractivity contribution >= 4 is 5.91 Å². The Labute approximate surface area is 121 Å². The molecule has 2 rings (SSSR count). The molecule has 1 fully saturated rings. The Bertz CT molecular complexity index is 487. The number of carbonyl (C=O) groups is 1. The summed E-state index contributed by atoms with van der Waals surface area (Å²) in [6.07, 6.45) is 2.19. The van der Waals surface area contributed by atoms with Crippen LogP contribution in [0.4, 0.5) is 0 Å². The van der Waals surface area contributed by atoms with E-state index >= 15 is 0 Å². The zero-order valence-electron chi connectivity index (χ0n) is 13.2. The zero-order valence-corrected chi connectivity index (χ0v) is 13.2. The van der Waals surface area contributed by atoms with Gasteiger partial charge in [-0.25, -0.2) is 0 Å². The highest BCUT2D eigenvalue weighted by Crippen LogP contribution is 2.19. The number of aromatic nitrogens is 2. The molecule has 20 heavy (non-hydrogen) atoms. The molecule has 1 amide bonds. The van der Waals surface area contributed by atoms with Crippen molar-refractivity contribution in [3.05, 3.63) is 17.5 Å². The number of rotatable bonds is 2. The molecule has 5 nitrogen and oxygen atoms in total. The van der Waals surface area contributed by atoms with Gasteiger partial charge in [-0.2, -0.15) is 5.10 Å². The van der Waals surface area contributed by atoms with E-state index in [1.807, 2.05) is 29.6 Å². The number of likely N-dealkylation sites (tertiary alicyclic amines) is 1. The topological polar surface area (TPSA) is 50.2 Å². The first kappa shape index (κ1) is 15.0. The average Bonchev–Trinajstić information content (AvgIpc) is 2.80. The largest absolute Gasteiger partial charge is 0.336 e. The molecule has 1 N–H and O–H groups in total. The van der Waals surface area contributed by atoms with Crippen LogP contribution in [0.5, 0.6) is 0 Å². The fraction of sp³-hybridized carbons (Fsp3) is 0.733. The maximum absolute atomic E-state index is 12.6. The standard InChI is InChI=1S/C15H26N4O/c1-11-9-13(17-19(11)15(2,3)4)14(20)18-8-6-7-12(10-18)16-5/h9,12,16H,6-8,10H2,1-5H3/t12-/m0/s1. The summed E-state index contributed by atoms with van der Waals surface area (Å²) in [4.78, 5) is 14.5. The number of nitrogens with zero attached hydrogens (tertiary/aromatic N) is 3. The zero-order chi connectivity index (χ0) is 14.9. The van der Waals surface area contributed by atoms with Gasteiger partial charge < -0.3 is 10.2 Å². The minimum absolute atomic E-state index is 0.0519. The minimum atomic E-state index is -0.0992. The van der Waals surface area contributed by atoms with Crippen molar-refractivity contribution in [3.8, 4) is 0 Å². The summed E-state index contributed by atoms with van der Waals surface area (Å²) in [5.41, 5.74) is 1.50. The van der Waals surface area contributed by atoms with Crippen molar-refractivity contribution in [3.63, 3.8) is 0 Å². The van der Waals surface area contributed by atoms with Gasteiger partial charge in [-0.05, 0) is 53.7 Å². The Balaban J connectivity index is 2.17. The number of hydrogen-bond acceptors (Lipinski definition) is 3. The molecule has 0 aliphatic carbocycles. The van der Waals surface area contributed by atoms with Gasteiger partial charge in [-0.15, -0.1) is 0 Å². The van der Waals surface area contributed by atoms with Crippen LogP contribution in [0.3, 0.4) is 0 Å². The van der Waals surface area contributed by atoms with Crippen molar-refractivity contribution in [2.75, 3.05) is 20.1 Å². The molecule has 0 unspecified atom stereocenters. The van der Waals surface area contributed by atoms with Crippen LogP contribution in [0.1, 0.15) is 49.8 Å². The molecule has 0 aromatic carbocycles. The van der Waals surface area contributed by atoms with Gasteiger partial charge in [0.15, 0.2) is 5.69 Å². The lowest BCUT2D eigenvalue weighted by atomic mass is 10.1. The van der Waals surface area contributed by atoms with E-state index in [0.29, 0.717) is 11.7 Å². The van der Waals surface area contributed by atoms with Gasteiger partial charge in [0.2, 0.25) is 0 Å². The predicted octanol–water partition coefficient (Wildman–Crippen LogP) is 1.77. The highest BCUT2D eigenvalue weighted by atomic mass is 16.2. The molecule has 0 saturated carbocycles. The van der Waals surface area contributed by atoms with E-state index < -0.39 is 0 Å². The molecule has 1 saturated heterocycles. The Hall–Kier alpha value is -1.36. The molecule has 1 aromatic heterocycles. The quantitative estimate of drug-likeness (QED) is 0.897. The summed E-state index contributed by atoms with van der Waals surface area (Å²) in [6, 6.07) is 2.30. The first-order chi connectivity index (χ1) is 9.32. The van der Waals surface area contributed by atoms with E-state index in [-0.39, 0.29) is 11.4 Å². The summed E-state index contributed by atoms with van der Waals surface area (Å²) < 4.78 is 1.93. The second-order valence-corrected chi connectivity index (χ2v) is 6.63. The van der Waals surface area contributed by atoms with Gasteiger partial charge in [-0.3, -0.25) is 9.48 Å². The molecule has 1 atom stereocenters. The van der Waals surface area contributed by atoms with Crippen LogP contribution < -0.4 is 5.32 Å². The number of nitrogens with one attached hydrogen (secondary N) is 1. The maximum Gasteiger partial charge on any atom is 0.274 e. The van der Waals surface area contributed by atoms with Gasteiger partial charge >= 0.3 is 0 Å². The SMILES string of the molecule is CN[C@H]1CCCN(C(=O)c2cc(C)n(C(C)(C)C)n2)C1. The van der Waals surface area contributed by atoms with Gasteiger partial charge in [0, 0.05) is 24.8 Å². The van der Waals surface area contributed by atoms with E-state index in [1.54, 1.807) is 0 Å². The second kappa shape index (κ2) is 5.56. The third-order valence-electron chi connectivity index (χ3n) is 3.86. The fourth-order valence-corrected chi connectivity index (χ4v) is 2.82. The van der Waals surface area contributed by atoms with Crippen molar-refractivity contribution < 1.29 is 4.79 Å². The van der Waals surface area contributed by atoms with Crippen molar-refractivity contribution in [2.24, 2.45) is 0 Å².